The molecule has 0 aromatic heterocycles. The van der Waals surface area contributed by atoms with Crippen LogP contribution in [-0.2, 0) is 16.8 Å². The summed E-state index contributed by atoms with van der Waals surface area (Å²) in [5.41, 5.74) is 1.76. The van der Waals surface area contributed by atoms with Crippen molar-refractivity contribution >= 4 is 15.9 Å². The Morgan fingerprint density at radius 3 is 2.74 bits per heavy atom. The summed E-state index contributed by atoms with van der Waals surface area (Å²) < 4.78 is 28.7. The van der Waals surface area contributed by atoms with Crippen molar-refractivity contribution in [2.75, 3.05) is 24.4 Å². The smallest absolute Gasteiger partial charge is 0.301 e. The third-order valence-electron chi connectivity index (χ3n) is 3.86. The van der Waals surface area contributed by atoms with Crippen LogP contribution in [0.1, 0.15) is 18.4 Å². The van der Waals surface area contributed by atoms with Gasteiger partial charge in [0, 0.05) is 13.1 Å². The molecular formula is C13H19N3O2S. The molecule has 0 saturated carbocycles. The van der Waals surface area contributed by atoms with Crippen LogP contribution in [0.4, 0.5) is 5.69 Å². The van der Waals surface area contributed by atoms with Gasteiger partial charge >= 0.3 is 10.2 Å². The minimum absolute atomic E-state index is 0.461. The summed E-state index contributed by atoms with van der Waals surface area (Å²) in [6.45, 7) is 3.08. The maximum absolute atomic E-state index is 12.2. The Kier molecular flexibility index (Phi) is 3.47. The van der Waals surface area contributed by atoms with Crippen LogP contribution in [0.5, 0.6) is 0 Å². The van der Waals surface area contributed by atoms with Crippen molar-refractivity contribution in [2.24, 2.45) is 5.92 Å². The lowest BCUT2D eigenvalue weighted by molar-refractivity contribution is 0.284. The predicted octanol–water partition coefficient (Wildman–Crippen LogP) is 1.16. The highest BCUT2D eigenvalue weighted by Gasteiger charge is 2.30. The molecule has 1 fully saturated rings. The SMILES string of the molecule is O=S1(=O)Nc2ccccc2CN1CC1CCNCC1. The van der Waals surface area contributed by atoms with E-state index in [4.69, 9.17) is 0 Å². The van der Waals surface area contributed by atoms with E-state index in [9.17, 15) is 8.42 Å². The molecule has 1 aromatic rings. The van der Waals surface area contributed by atoms with Crippen LogP contribution in [0, 0.1) is 5.92 Å². The molecule has 104 valence electrons. The summed E-state index contributed by atoms with van der Waals surface area (Å²) in [6.07, 6.45) is 2.10. The second-order valence-electron chi connectivity index (χ2n) is 5.25. The number of para-hydroxylation sites is 1. The van der Waals surface area contributed by atoms with Gasteiger partial charge in [0.05, 0.1) is 5.69 Å². The Morgan fingerprint density at radius 1 is 1.21 bits per heavy atom. The van der Waals surface area contributed by atoms with Gasteiger partial charge in [0.1, 0.15) is 0 Å². The maximum atomic E-state index is 12.2. The van der Waals surface area contributed by atoms with Gasteiger partial charge in [0.15, 0.2) is 0 Å². The van der Waals surface area contributed by atoms with E-state index in [0.29, 0.717) is 24.7 Å². The second-order valence-corrected chi connectivity index (χ2v) is 6.92. The number of nitrogens with one attached hydrogen (secondary N) is 2. The van der Waals surface area contributed by atoms with Crippen molar-refractivity contribution in [1.29, 1.82) is 0 Å². The molecule has 3 rings (SSSR count). The van der Waals surface area contributed by atoms with E-state index in [0.717, 1.165) is 31.5 Å². The van der Waals surface area contributed by atoms with Crippen LogP contribution in [0.2, 0.25) is 0 Å². The topological polar surface area (TPSA) is 61.4 Å². The molecule has 0 radical (unpaired) electrons. The summed E-state index contributed by atoms with van der Waals surface area (Å²) in [6, 6.07) is 7.59. The number of piperidine rings is 1. The Morgan fingerprint density at radius 2 is 1.95 bits per heavy atom. The van der Waals surface area contributed by atoms with Crippen molar-refractivity contribution in [2.45, 2.75) is 19.4 Å². The zero-order valence-corrected chi connectivity index (χ0v) is 11.6. The Balaban J connectivity index is 1.78. The molecule has 2 aliphatic rings. The summed E-state index contributed by atoms with van der Waals surface area (Å²) in [4.78, 5) is 0. The van der Waals surface area contributed by atoms with Crippen LogP contribution in [0.3, 0.4) is 0 Å². The first kappa shape index (κ1) is 12.9. The largest absolute Gasteiger partial charge is 0.317 e. The number of hydrogen-bond donors (Lipinski definition) is 2. The molecule has 0 atom stereocenters. The van der Waals surface area contributed by atoms with E-state index in [-0.39, 0.29) is 0 Å². The van der Waals surface area contributed by atoms with Gasteiger partial charge in [0.2, 0.25) is 0 Å². The second kappa shape index (κ2) is 5.11. The fourth-order valence-corrected chi connectivity index (χ4v) is 4.07. The molecule has 0 bridgehead atoms. The summed E-state index contributed by atoms with van der Waals surface area (Å²) in [5, 5.41) is 3.30. The van der Waals surface area contributed by atoms with Gasteiger partial charge in [-0.1, -0.05) is 18.2 Å². The molecule has 1 saturated heterocycles. The van der Waals surface area contributed by atoms with Gasteiger partial charge in [-0.2, -0.15) is 12.7 Å². The normalized spacial score (nSPS) is 23.6. The van der Waals surface area contributed by atoms with Gasteiger partial charge in [-0.05, 0) is 43.5 Å². The van der Waals surface area contributed by atoms with Gasteiger partial charge < -0.3 is 5.32 Å². The van der Waals surface area contributed by atoms with Crippen LogP contribution in [0.15, 0.2) is 24.3 Å². The maximum Gasteiger partial charge on any atom is 0.301 e. The van der Waals surface area contributed by atoms with E-state index >= 15 is 0 Å². The van der Waals surface area contributed by atoms with Crippen LogP contribution in [0.25, 0.3) is 0 Å². The van der Waals surface area contributed by atoms with Crippen molar-refractivity contribution in [3.63, 3.8) is 0 Å². The highest BCUT2D eigenvalue weighted by atomic mass is 32.2. The molecule has 0 amide bonds. The zero-order valence-electron chi connectivity index (χ0n) is 10.8. The molecular weight excluding hydrogens is 262 g/mol. The van der Waals surface area contributed by atoms with Crippen LogP contribution in [-0.4, -0.2) is 32.4 Å². The Labute approximate surface area is 114 Å². The fraction of sp³-hybridized carbons (Fsp3) is 0.538. The van der Waals surface area contributed by atoms with Crippen molar-refractivity contribution in [3.8, 4) is 0 Å². The van der Waals surface area contributed by atoms with Gasteiger partial charge in [-0.3, -0.25) is 4.72 Å². The number of benzene rings is 1. The lowest BCUT2D eigenvalue weighted by Crippen LogP contribution is -2.43. The van der Waals surface area contributed by atoms with Crippen molar-refractivity contribution < 1.29 is 8.42 Å². The monoisotopic (exact) mass is 281 g/mol. The number of fused-ring (bicyclic) bond motifs is 1. The molecule has 1 aromatic carbocycles. The average Bonchev–Trinajstić information content (AvgIpc) is 2.40. The molecule has 0 unspecified atom stereocenters. The quantitative estimate of drug-likeness (QED) is 0.855. The van der Waals surface area contributed by atoms with E-state index in [2.05, 4.69) is 10.0 Å². The minimum atomic E-state index is -3.37. The van der Waals surface area contributed by atoms with Gasteiger partial charge in [-0.15, -0.1) is 0 Å². The predicted molar refractivity (Wildman–Crippen MR) is 75.0 cm³/mol. The molecule has 0 aliphatic carbocycles. The first-order chi connectivity index (χ1) is 9.15. The number of hydrogen-bond acceptors (Lipinski definition) is 3. The third-order valence-corrected chi connectivity index (χ3v) is 5.30. The summed E-state index contributed by atoms with van der Waals surface area (Å²) >= 11 is 0. The molecule has 19 heavy (non-hydrogen) atoms. The van der Waals surface area contributed by atoms with Crippen molar-refractivity contribution in [1.82, 2.24) is 9.62 Å². The number of nitrogens with zero attached hydrogens (tertiary/aromatic N) is 1. The van der Waals surface area contributed by atoms with E-state index in [1.807, 2.05) is 24.3 Å². The first-order valence-corrected chi connectivity index (χ1v) is 8.16. The lowest BCUT2D eigenvalue weighted by Gasteiger charge is -2.33. The average molecular weight is 281 g/mol. The van der Waals surface area contributed by atoms with Crippen molar-refractivity contribution in [3.05, 3.63) is 29.8 Å². The molecule has 2 aliphatic heterocycles. The standard InChI is InChI=1S/C13H19N3O2S/c17-19(18)15-13-4-2-1-3-12(13)10-16(19)9-11-5-7-14-8-6-11/h1-4,11,14-15H,5-10H2. The van der Waals surface area contributed by atoms with Crippen LogP contribution >= 0.6 is 0 Å². The summed E-state index contributed by atoms with van der Waals surface area (Å²) in [5.74, 6) is 0.461. The van der Waals surface area contributed by atoms with Crippen LogP contribution < -0.4 is 10.0 Å². The molecule has 0 spiro atoms. The molecule has 6 heteroatoms. The van der Waals surface area contributed by atoms with E-state index < -0.39 is 10.2 Å². The Bertz CT molecular complexity index is 553. The van der Waals surface area contributed by atoms with E-state index in [1.54, 1.807) is 4.31 Å². The third kappa shape index (κ3) is 2.75. The molecule has 2 N–H and O–H groups in total. The fourth-order valence-electron chi connectivity index (χ4n) is 2.75. The minimum Gasteiger partial charge on any atom is -0.317 e. The lowest BCUT2D eigenvalue weighted by atomic mass is 9.98. The highest BCUT2D eigenvalue weighted by Crippen LogP contribution is 2.27. The van der Waals surface area contributed by atoms with Gasteiger partial charge in [0.25, 0.3) is 0 Å². The molecule has 2 heterocycles. The van der Waals surface area contributed by atoms with E-state index in [1.165, 1.54) is 0 Å². The highest BCUT2D eigenvalue weighted by molar-refractivity contribution is 7.90. The zero-order chi connectivity index (χ0) is 13.3. The summed E-state index contributed by atoms with van der Waals surface area (Å²) in [7, 11) is -3.37. The Hall–Kier alpha value is -1.11. The van der Waals surface area contributed by atoms with Gasteiger partial charge in [-0.25, -0.2) is 0 Å². The molecule has 5 nitrogen and oxygen atoms in total. The number of rotatable bonds is 2. The number of anilines is 1. The first-order valence-electron chi connectivity index (χ1n) is 6.72.